The second kappa shape index (κ2) is 7.23. The Morgan fingerprint density at radius 3 is 2.63 bits per heavy atom. The molecule has 2 aromatic heterocycles. The minimum Gasteiger partial charge on any atom is -0.336 e. The van der Waals surface area contributed by atoms with Crippen molar-refractivity contribution in [2.45, 2.75) is 25.4 Å². The zero-order chi connectivity index (χ0) is 20.9. The van der Waals surface area contributed by atoms with E-state index in [1.807, 2.05) is 17.5 Å². The smallest absolute Gasteiger partial charge is 0.336 e. The molecule has 1 aromatic carbocycles. The topological polar surface area (TPSA) is 51.0 Å². The van der Waals surface area contributed by atoms with Crippen molar-refractivity contribution in [2.24, 2.45) is 11.8 Å². The maximum absolute atomic E-state index is 13.2. The van der Waals surface area contributed by atoms with E-state index < -0.39 is 11.7 Å². The number of hydrogen-bond acceptors (Lipinski definition) is 4. The highest BCUT2D eigenvalue weighted by atomic mass is 32.1. The first kappa shape index (κ1) is 19.3. The van der Waals surface area contributed by atoms with Gasteiger partial charge >= 0.3 is 6.18 Å². The molecule has 0 bridgehead atoms. The van der Waals surface area contributed by atoms with Crippen LogP contribution >= 0.6 is 11.3 Å². The minimum atomic E-state index is -4.47. The fourth-order valence-electron chi connectivity index (χ4n) is 4.03. The lowest BCUT2D eigenvalue weighted by molar-refractivity contribution is -0.137. The largest absolute Gasteiger partial charge is 0.416 e. The molecule has 2 fully saturated rings. The molecule has 30 heavy (non-hydrogen) atoms. The summed E-state index contributed by atoms with van der Waals surface area (Å²) >= 11 is 1.39. The van der Waals surface area contributed by atoms with Crippen molar-refractivity contribution in [3.8, 4) is 16.4 Å². The number of benzene rings is 1. The van der Waals surface area contributed by atoms with Gasteiger partial charge < -0.3 is 4.90 Å². The van der Waals surface area contributed by atoms with Crippen LogP contribution in [0, 0.1) is 11.8 Å². The summed E-state index contributed by atoms with van der Waals surface area (Å²) in [6, 6.07) is 8.55. The van der Waals surface area contributed by atoms with E-state index in [-0.39, 0.29) is 17.4 Å². The molecule has 5 nitrogen and oxygen atoms in total. The van der Waals surface area contributed by atoms with E-state index in [2.05, 4.69) is 10.1 Å². The van der Waals surface area contributed by atoms with Gasteiger partial charge in [0.2, 0.25) is 5.82 Å². The molecular weight excluding hydrogens is 413 g/mol. The number of halogens is 3. The van der Waals surface area contributed by atoms with Gasteiger partial charge in [-0.15, -0.1) is 16.4 Å². The van der Waals surface area contributed by atoms with Crippen LogP contribution in [-0.4, -0.2) is 38.7 Å². The monoisotopic (exact) mass is 432 g/mol. The first-order valence-electron chi connectivity index (χ1n) is 9.88. The molecule has 0 N–H and O–H groups in total. The third-order valence-electron chi connectivity index (χ3n) is 5.76. The summed E-state index contributed by atoms with van der Waals surface area (Å²) < 4.78 is 40.9. The average Bonchev–Trinajstić information content (AvgIpc) is 3.17. The summed E-state index contributed by atoms with van der Waals surface area (Å²) in [4.78, 5) is 20.0. The number of carbonyl (C=O) groups is 1. The summed E-state index contributed by atoms with van der Waals surface area (Å²) in [7, 11) is 0. The van der Waals surface area contributed by atoms with Crippen molar-refractivity contribution < 1.29 is 18.0 Å². The standard InChI is InChI=1S/C21H19F3N4OS/c22-21(23,24)15-3-1-4-16(11-15)28-19(17-5-2-10-30-17)25-18(26-28)20(29)27-9-8-14(12-27)13-6-7-13/h1-5,10-11,13-14H,6-9,12H2. The molecule has 1 amide bonds. The van der Waals surface area contributed by atoms with Gasteiger partial charge in [0.05, 0.1) is 16.1 Å². The highest BCUT2D eigenvalue weighted by molar-refractivity contribution is 7.13. The van der Waals surface area contributed by atoms with Crippen LogP contribution < -0.4 is 0 Å². The van der Waals surface area contributed by atoms with Gasteiger partial charge in [-0.3, -0.25) is 4.79 Å². The van der Waals surface area contributed by atoms with Crippen LogP contribution in [0.2, 0.25) is 0 Å². The van der Waals surface area contributed by atoms with Crippen LogP contribution in [0.25, 0.3) is 16.4 Å². The summed E-state index contributed by atoms with van der Waals surface area (Å²) in [5.74, 6) is 1.39. The Hall–Kier alpha value is -2.68. The Kier molecular flexibility index (Phi) is 4.65. The molecule has 1 aliphatic carbocycles. The highest BCUT2D eigenvalue weighted by Gasteiger charge is 2.38. The molecule has 2 aliphatic rings. The predicted octanol–water partition coefficient (Wildman–Crippen LogP) is 4.89. The van der Waals surface area contributed by atoms with Crippen LogP contribution in [0.3, 0.4) is 0 Å². The second-order valence-corrected chi connectivity index (χ2v) is 8.78. The molecular formula is C21H19F3N4OS. The molecule has 0 spiro atoms. The van der Waals surface area contributed by atoms with E-state index in [1.54, 1.807) is 4.90 Å². The number of likely N-dealkylation sites (tertiary alicyclic amines) is 1. The third-order valence-corrected chi connectivity index (χ3v) is 6.62. The number of alkyl halides is 3. The van der Waals surface area contributed by atoms with Crippen LogP contribution in [0.4, 0.5) is 13.2 Å². The van der Waals surface area contributed by atoms with Gasteiger partial charge in [0.1, 0.15) is 0 Å². The van der Waals surface area contributed by atoms with E-state index in [1.165, 1.54) is 41.0 Å². The van der Waals surface area contributed by atoms with Gasteiger partial charge in [-0.1, -0.05) is 12.1 Å². The quantitative estimate of drug-likeness (QED) is 0.590. The lowest BCUT2D eigenvalue weighted by atomic mass is 10.0. The molecule has 156 valence electrons. The first-order chi connectivity index (χ1) is 14.4. The van der Waals surface area contributed by atoms with E-state index in [0.29, 0.717) is 24.8 Å². The van der Waals surface area contributed by atoms with Crippen LogP contribution in [0.15, 0.2) is 41.8 Å². The fraction of sp³-hybridized carbons (Fsp3) is 0.381. The van der Waals surface area contributed by atoms with E-state index in [4.69, 9.17) is 0 Å². The van der Waals surface area contributed by atoms with Crippen molar-refractivity contribution in [1.82, 2.24) is 19.7 Å². The molecule has 1 atom stereocenters. The molecule has 3 aromatic rings. The zero-order valence-corrected chi connectivity index (χ0v) is 16.8. The lowest BCUT2D eigenvalue weighted by Crippen LogP contribution is -2.30. The zero-order valence-electron chi connectivity index (χ0n) is 16.0. The molecule has 0 radical (unpaired) electrons. The molecule has 9 heteroatoms. The second-order valence-electron chi connectivity index (χ2n) is 7.83. The summed E-state index contributed by atoms with van der Waals surface area (Å²) in [6.07, 6.45) is -1.01. The van der Waals surface area contributed by atoms with Gasteiger partial charge in [0.15, 0.2) is 5.82 Å². The van der Waals surface area contributed by atoms with Crippen LogP contribution in [0.5, 0.6) is 0 Å². The first-order valence-corrected chi connectivity index (χ1v) is 10.8. The summed E-state index contributed by atoms with van der Waals surface area (Å²) in [5.41, 5.74) is -0.552. The van der Waals surface area contributed by atoms with Crippen molar-refractivity contribution in [1.29, 1.82) is 0 Å². The Morgan fingerprint density at radius 1 is 1.10 bits per heavy atom. The number of carbonyl (C=O) groups excluding carboxylic acids is 1. The van der Waals surface area contributed by atoms with Crippen molar-refractivity contribution in [3.05, 3.63) is 53.2 Å². The Balaban J connectivity index is 1.51. The Bertz CT molecular complexity index is 1070. The van der Waals surface area contributed by atoms with Crippen molar-refractivity contribution in [3.63, 3.8) is 0 Å². The van der Waals surface area contributed by atoms with E-state index in [0.717, 1.165) is 29.3 Å². The number of aromatic nitrogens is 3. The third kappa shape index (κ3) is 3.62. The van der Waals surface area contributed by atoms with Gasteiger partial charge in [-0.25, -0.2) is 9.67 Å². The number of amides is 1. The number of hydrogen-bond donors (Lipinski definition) is 0. The molecule has 3 heterocycles. The van der Waals surface area contributed by atoms with Crippen molar-refractivity contribution >= 4 is 17.2 Å². The van der Waals surface area contributed by atoms with Gasteiger partial charge in [0.25, 0.3) is 5.91 Å². The summed E-state index contributed by atoms with van der Waals surface area (Å²) in [6.45, 7) is 1.38. The van der Waals surface area contributed by atoms with Crippen LogP contribution in [-0.2, 0) is 6.18 Å². The maximum atomic E-state index is 13.2. The minimum absolute atomic E-state index is 0.0206. The molecule has 1 unspecified atom stereocenters. The Labute approximate surface area is 175 Å². The molecule has 1 aliphatic heterocycles. The number of nitrogens with zero attached hydrogens (tertiary/aromatic N) is 4. The lowest BCUT2D eigenvalue weighted by Gasteiger charge is -2.14. The average molecular weight is 432 g/mol. The van der Waals surface area contributed by atoms with Gasteiger partial charge in [-0.2, -0.15) is 13.2 Å². The van der Waals surface area contributed by atoms with E-state index >= 15 is 0 Å². The van der Waals surface area contributed by atoms with Gasteiger partial charge in [-0.05, 0) is 60.7 Å². The normalized spacial score (nSPS) is 19.4. The number of rotatable bonds is 4. The maximum Gasteiger partial charge on any atom is 0.416 e. The van der Waals surface area contributed by atoms with E-state index in [9.17, 15) is 18.0 Å². The van der Waals surface area contributed by atoms with Crippen molar-refractivity contribution in [2.75, 3.05) is 13.1 Å². The molecule has 5 rings (SSSR count). The predicted molar refractivity (Wildman–Crippen MR) is 106 cm³/mol. The highest BCUT2D eigenvalue weighted by Crippen LogP contribution is 2.41. The fourth-order valence-corrected chi connectivity index (χ4v) is 4.73. The molecule has 1 saturated carbocycles. The Morgan fingerprint density at radius 2 is 1.93 bits per heavy atom. The summed E-state index contributed by atoms with van der Waals surface area (Å²) in [5, 5.41) is 6.19. The van der Waals surface area contributed by atoms with Crippen LogP contribution in [0.1, 0.15) is 35.4 Å². The molecule has 1 saturated heterocycles. The number of thiophene rings is 1. The van der Waals surface area contributed by atoms with Gasteiger partial charge in [0, 0.05) is 13.1 Å². The SMILES string of the molecule is O=C(c1nc(-c2cccs2)n(-c2cccc(C(F)(F)F)c2)n1)N1CCC(C2CC2)C1.